The van der Waals surface area contributed by atoms with Crippen LogP contribution in [0.3, 0.4) is 0 Å². The normalized spacial score (nSPS) is 10.2. The Hall–Kier alpha value is -2.39. The van der Waals surface area contributed by atoms with Crippen molar-refractivity contribution in [3.8, 4) is 17.2 Å². The van der Waals surface area contributed by atoms with Crippen molar-refractivity contribution < 1.29 is 9.47 Å². The van der Waals surface area contributed by atoms with Gasteiger partial charge in [0.15, 0.2) is 0 Å². The van der Waals surface area contributed by atoms with E-state index in [2.05, 4.69) is 18.2 Å². The van der Waals surface area contributed by atoms with Gasteiger partial charge in [-0.2, -0.15) is 0 Å². The van der Waals surface area contributed by atoms with Crippen LogP contribution in [0.4, 0.5) is 0 Å². The van der Waals surface area contributed by atoms with Crippen molar-refractivity contribution >= 4 is 11.8 Å². The van der Waals surface area contributed by atoms with Crippen molar-refractivity contribution in [3.63, 3.8) is 0 Å². The van der Waals surface area contributed by atoms with Gasteiger partial charge in [0.1, 0.15) is 17.2 Å². The van der Waals surface area contributed by atoms with Crippen LogP contribution in [0.25, 0.3) is 0 Å². The highest BCUT2D eigenvalue weighted by Gasteiger charge is 2.04. The summed E-state index contributed by atoms with van der Waals surface area (Å²) in [5.41, 5.74) is 0. The van der Waals surface area contributed by atoms with Crippen LogP contribution < -0.4 is 9.47 Å². The van der Waals surface area contributed by atoms with Gasteiger partial charge in [0.2, 0.25) is 0 Å². The molecule has 0 N–H and O–H groups in total. The number of rotatable bonds is 5. The molecule has 0 bridgehead atoms. The Kier molecular flexibility index (Phi) is 4.66. The summed E-state index contributed by atoms with van der Waals surface area (Å²) in [7, 11) is 1.69. The van der Waals surface area contributed by atoms with E-state index in [0.29, 0.717) is 0 Å². The highest BCUT2D eigenvalue weighted by atomic mass is 32.2. The van der Waals surface area contributed by atoms with Gasteiger partial charge in [-0.05, 0) is 48.5 Å². The van der Waals surface area contributed by atoms with Crippen LogP contribution in [0, 0.1) is 0 Å². The molecule has 0 aliphatic rings. The fourth-order valence-corrected chi connectivity index (χ4v) is 2.96. The largest absolute Gasteiger partial charge is 0.496 e. The molecule has 0 fully saturated rings. The van der Waals surface area contributed by atoms with Gasteiger partial charge >= 0.3 is 0 Å². The Morgan fingerprint density at radius 1 is 0.682 bits per heavy atom. The van der Waals surface area contributed by atoms with Crippen molar-refractivity contribution in [1.29, 1.82) is 0 Å². The first-order chi connectivity index (χ1) is 10.8. The van der Waals surface area contributed by atoms with Gasteiger partial charge in [0, 0.05) is 4.90 Å². The Bertz CT molecular complexity index is 724. The van der Waals surface area contributed by atoms with E-state index in [0.717, 1.165) is 27.0 Å². The molecule has 0 heterocycles. The Morgan fingerprint density at radius 2 is 1.32 bits per heavy atom. The van der Waals surface area contributed by atoms with Gasteiger partial charge in [-0.25, -0.2) is 0 Å². The Labute approximate surface area is 134 Å². The van der Waals surface area contributed by atoms with Crippen molar-refractivity contribution in [2.45, 2.75) is 9.79 Å². The molecular weight excluding hydrogens is 292 g/mol. The highest BCUT2D eigenvalue weighted by Crippen LogP contribution is 2.35. The van der Waals surface area contributed by atoms with Gasteiger partial charge in [-0.3, -0.25) is 0 Å². The first kappa shape index (κ1) is 14.5. The summed E-state index contributed by atoms with van der Waals surface area (Å²) in [5, 5.41) is 0. The maximum Gasteiger partial charge on any atom is 0.132 e. The molecule has 0 aliphatic heterocycles. The third-order valence-corrected chi connectivity index (χ3v) is 4.16. The lowest BCUT2D eigenvalue weighted by atomic mass is 10.3. The summed E-state index contributed by atoms with van der Waals surface area (Å²) in [6.07, 6.45) is 0. The van der Waals surface area contributed by atoms with E-state index in [-0.39, 0.29) is 0 Å². The molecule has 0 unspecified atom stereocenters. The van der Waals surface area contributed by atoms with Crippen LogP contribution in [0.15, 0.2) is 88.7 Å². The van der Waals surface area contributed by atoms with Crippen LogP contribution in [0.2, 0.25) is 0 Å². The first-order valence-electron chi connectivity index (χ1n) is 6.99. The molecule has 0 aromatic heterocycles. The zero-order valence-corrected chi connectivity index (χ0v) is 13.0. The van der Waals surface area contributed by atoms with Crippen LogP contribution in [-0.2, 0) is 0 Å². The molecule has 0 saturated carbocycles. The molecule has 110 valence electrons. The minimum absolute atomic E-state index is 0.829. The number of para-hydroxylation sites is 2. The van der Waals surface area contributed by atoms with Gasteiger partial charge in [-0.1, -0.05) is 42.1 Å². The number of ether oxygens (including phenoxy) is 2. The fraction of sp³-hybridized carbons (Fsp3) is 0.0526. The van der Waals surface area contributed by atoms with E-state index >= 15 is 0 Å². The van der Waals surface area contributed by atoms with Gasteiger partial charge in [0.25, 0.3) is 0 Å². The maximum absolute atomic E-state index is 5.79. The monoisotopic (exact) mass is 308 g/mol. The molecule has 3 heteroatoms. The molecular formula is C19H16O2S. The van der Waals surface area contributed by atoms with E-state index in [9.17, 15) is 0 Å². The molecule has 3 aromatic carbocycles. The molecule has 0 radical (unpaired) electrons. The van der Waals surface area contributed by atoms with E-state index in [1.54, 1.807) is 18.9 Å². The smallest absolute Gasteiger partial charge is 0.132 e. The summed E-state index contributed by atoms with van der Waals surface area (Å²) in [6, 6.07) is 25.8. The van der Waals surface area contributed by atoms with E-state index in [4.69, 9.17) is 9.47 Å². The lowest BCUT2D eigenvalue weighted by Gasteiger charge is -2.09. The third-order valence-electron chi connectivity index (χ3n) is 3.10. The van der Waals surface area contributed by atoms with Crippen LogP contribution in [0.1, 0.15) is 0 Å². The van der Waals surface area contributed by atoms with Crippen molar-refractivity contribution in [3.05, 3.63) is 78.9 Å². The van der Waals surface area contributed by atoms with Crippen LogP contribution >= 0.6 is 11.8 Å². The predicted octanol–water partition coefficient (Wildman–Crippen LogP) is 5.64. The first-order valence-corrected chi connectivity index (χ1v) is 7.80. The average molecular weight is 308 g/mol. The summed E-state index contributed by atoms with van der Waals surface area (Å²) in [5.74, 6) is 2.56. The van der Waals surface area contributed by atoms with E-state index in [1.165, 1.54) is 0 Å². The summed E-state index contributed by atoms with van der Waals surface area (Å²) >= 11 is 1.67. The second kappa shape index (κ2) is 7.05. The Morgan fingerprint density at radius 3 is 2.05 bits per heavy atom. The minimum Gasteiger partial charge on any atom is -0.496 e. The number of methoxy groups -OCH3 is 1. The molecule has 22 heavy (non-hydrogen) atoms. The topological polar surface area (TPSA) is 18.5 Å². The summed E-state index contributed by atoms with van der Waals surface area (Å²) < 4.78 is 11.2. The van der Waals surface area contributed by atoms with Gasteiger partial charge < -0.3 is 9.47 Å². The number of hydrogen-bond donors (Lipinski definition) is 0. The highest BCUT2D eigenvalue weighted by molar-refractivity contribution is 7.99. The lowest BCUT2D eigenvalue weighted by Crippen LogP contribution is -1.86. The second-order valence-electron chi connectivity index (χ2n) is 4.64. The average Bonchev–Trinajstić information content (AvgIpc) is 2.58. The molecule has 3 rings (SSSR count). The van der Waals surface area contributed by atoms with Crippen molar-refractivity contribution in [2.75, 3.05) is 7.11 Å². The SMILES string of the molecule is COc1ccccc1Sc1ccc(Oc2ccccc2)cc1. The Balaban J connectivity index is 1.72. The summed E-state index contributed by atoms with van der Waals surface area (Å²) in [4.78, 5) is 2.24. The second-order valence-corrected chi connectivity index (χ2v) is 5.75. The number of hydrogen-bond acceptors (Lipinski definition) is 3. The molecule has 0 saturated heterocycles. The quantitative estimate of drug-likeness (QED) is 0.608. The summed E-state index contributed by atoms with van der Waals surface area (Å²) in [6.45, 7) is 0. The minimum atomic E-state index is 0.829. The zero-order valence-electron chi connectivity index (χ0n) is 12.2. The maximum atomic E-state index is 5.79. The molecule has 0 atom stereocenters. The van der Waals surface area contributed by atoms with Gasteiger partial charge in [0.05, 0.1) is 12.0 Å². The van der Waals surface area contributed by atoms with Gasteiger partial charge in [-0.15, -0.1) is 0 Å². The fourth-order valence-electron chi connectivity index (χ4n) is 2.03. The van der Waals surface area contributed by atoms with Crippen molar-refractivity contribution in [1.82, 2.24) is 0 Å². The third kappa shape index (κ3) is 3.62. The van der Waals surface area contributed by atoms with Crippen molar-refractivity contribution in [2.24, 2.45) is 0 Å². The molecule has 2 nitrogen and oxygen atoms in total. The zero-order chi connectivity index (χ0) is 15.2. The molecule has 3 aromatic rings. The lowest BCUT2D eigenvalue weighted by molar-refractivity contribution is 0.405. The van der Waals surface area contributed by atoms with E-state index in [1.807, 2.05) is 60.7 Å². The predicted molar refractivity (Wildman–Crippen MR) is 90.1 cm³/mol. The molecule has 0 amide bonds. The van der Waals surface area contributed by atoms with Crippen LogP contribution in [-0.4, -0.2) is 7.11 Å². The molecule has 0 aliphatic carbocycles. The standard InChI is InChI=1S/C19H16O2S/c1-20-18-9-5-6-10-19(18)22-17-13-11-16(12-14-17)21-15-7-3-2-4-8-15/h2-14H,1H3. The van der Waals surface area contributed by atoms with E-state index < -0.39 is 0 Å². The molecule has 0 spiro atoms. The number of benzene rings is 3. The van der Waals surface area contributed by atoms with Crippen LogP contribution in [0.5, 0.6) is 17.2 Å².